The SMILES string of the molecule is Cc1ccc(NC(=O)CSc2nc(C)cs2)c(C)c1. The first kappa shape index (κ1) is 14.1. The lowest BCUT2D eigenvalue weighted by molar-refractivity contribution is -0.113. The molecule has 0 saturated carbocycles. The highest BCUT2D eigenvalue weighted by Crippen LogP contribution is 2.23. The summed E-state index contributed by atoms with van der Waals surface area (Å²) in [5.41, 5.74) is 4.17. The molecule has 0 atom stereocenters. The van der Waals surface area contributed by atoms with E-state index >= 15 is 0 Å². The van der Waals surface area contributed by atoms with Crippen LogP contribution in [0.15, 0.2) is 27.9 Å². The number of nitrogens with zero attached hydrogens (tertiary/aromatic N) is 1. The highest BCUT2D eigenvalue weighted by molar-refractivity contribution is 8.01. The Morgan fingerprint density at radius 1 is 1.37 bits per heavy atom. The smallest absolute Gasteiger partial charge is 0.234 e. The second kappa shape index (κ2) is 6.21. The monoisotopic (exact) mass is 292 g/mol. The Balaban J connectivity index is 1.90. The van der Waals surface area contributed by atoms with E-state index in [-0.39, 0.29) is 5.91 Å². The second-order valence-corrected chi connectivity index (χ2v) is 6.49. The van der Waals surface area contributed by atoms with Gasteiger partial charge in [-0.05, 0) is 32.4 Å². The van der Waals surface area contributed by atoms with E-state index in [0.717, 1.165) is 21.3 Å². The number of aryl methyl sites for hydroxylation is 3. The zero-order valence-corrected chi connectivity index (χ0v) is 12.8. The molecule has 2 aromatic rings. The van der Waals surface area contributed by atoms with Gasteiger partial charge in [-0.3, -0.25) is 4.79 Å². The number of thioether (sulfide) groups is 1. The van der Waals surface area contributed by atoms with Gasteiger partial charge in [0.25, 0.3) is 0 Å². The molecule has 2 rings (SSSR count). The summed E-state index contributed by atoms with van der Waals surface area (Å²) in [4.78, 5) is 16.2. The molecule has 0 spiro atoms. The maximum atomic E-state index is 11.9. The summed E-state index contributed by atoms with van der Waals surface area (Å²) in [7, 11) is 0. The zero-order valence-electron chi connectivity index (χ0n) is 11.2. The van der Waals surface area contributed by atoms with Gasteiger partial charge >= 0.3 is 0 Å². The minimum absolute atomic E-state index is 0.00445. The topological polar surface area (TPSA) is 42.0 Å². The Labute approximate surface area is 121 Å². The van der Waals surface area contributed by atoms with E-state index in [9.17, 15) is 4.79 Å². The summed E-state index contributed by atoms with van der Waals surface area (Å²) in [6, 6.07) is 6.01. The van der Waals surface area contributed by atoms with Gasteiger partial charge in [0, 0.05) is 16.8 Å². The van der Waals surface area contributed by atoms with Gasteiger partial charge in [-0.1, -0.05) is 29.5 Å². The first-order valence-corrected chi connectivity index (χ1v) is 7.83. The van der Waals surface area contributed by atoms with E-state index in [4.69, 9.17) is 0 Å². The molecule has 3 nitrogen and oxygen atoms in total. The maximum absolute atomic E-state index is 11.9. The standard InChI is InChI=1S/C14H16N2OS2/c1-9-4-5-12(10(2)6-9)16-13(17)8-19-14-15-11(3)7-18-14/h4-7H,8H2,1-3H3,(H,16,17). The summed E-state index contributed by atoms with van der Waals surface area (Å²) in [6.45, 7) is 6.00. The Bertz CT molecular complexity index is 593. The van der Waals surface area contributed by atoms with Crippen molar-refractivity contribution in [3.05, 3.63) is 40.4 Å². The Morgan fingerprint density at radius 2 is 2.16 bits per heavy atom. The number of amides is 1. The number of carbonyl (C=O) groups is 1. The van der Waals surface area contributed by atoms with E-state index in [1.54, 1.807) is 11.3 Å². The van der Waals surface area contributed by atoms with Crippen LogP contribution in [-0.2, 0) is 4.79 Å². The third-order valence-corrected chi connectivity index (χ3v) is 4.72. The van der Waals surface area contributed by atoms with Crippen molar-refractivity contribution in [3.8, 4) is 0 Å². The van der Waals surface area contributed by atoms with Crippen molar-refractivity contribution in [3.63, 3.8) is 0 Å². The summed E-state index contributed by atoms with van der Waals surface area (Å²) < 4.78 is 0.938. The van der Waals surface area contributed by atoms with Gasteiger partial charge in [-0.2, -0.15) is 0 Å². The molecule has 0 radical (unpaired) electrons. The lowest BCUT2D eigenvalue weighted by Gasteiger charge is -2.08. The average Bonchev–Trinajstić information content (AvgIpc) is 2.76. The summed E-state index contributed by atoms with van der Waals surface area (Å²) >= 11 is 3.05. The van der Waals surface area contributed by atoms with E-state index in [1.807, 2.05) is 38.3 Å². The summed E-state index contributed by atoms with van der Waals surface area (Å²) in [6.07, 6.45) is 0. The van der Waals surface area contributed by atoms with Crippen LogP contribution in [0.5, 0.6) is 0 Å². The number of thiazole rings is 1. The normalized spacial score (nSPS) is 10.5. The number of hydrogen-bond acceptors (Lipinski definition) is 4. The molecule has 5 heteroatoms. The van der Waals surface area contributed by atoms with Crippen LogP contribution < -0.4 is 5.32 Å². The molecule has 0 saturated heterocycles. The third kappa shape index (κ3) is 4.08. The van der Waals surface area contributed by atoms with Crippen LogP contribution in [0.3, 0.4) is 0 Å². The number of aromatic nitrogens is 1. The molecule has 0 aliphatic rings. The number of anilines is 1. The third-order valence-electron chi connectivity index (χ3n) is 2.58. The highest BCUT2D eigenvalue weighted by atomic mass is 32.2. The van der Waals surface area contributed by atoms with Crippen LogP contribution in [0, 0.1) is 20.8 Å². The van der Waals surface area contributed by atoms with Crippen LogP contribution in [0.4, 0.5) is 5.69 Å². The van der Waals surface area contributed by atoms with E-state index in [2.05, 4.69) is 16.4 Å². The van der Waals surface area contributed by atoms with Crippen molar-refractivity contribution in [1.29, 1.82) is 0 Å². The quantitative estimate of drug-likeness (QED) is 0.872. The molecule has 0 bridgehead atoms. The van der Waals surface area contributed by atoms with Crippen LogP contribution in [0.2, 0.25) is 0 Å². The fraction of sp³-hybridized carbons (Fsp3) is 0.286. The predicted molar refractivity (Wildman–Crippen MR) is 82.1 cm³/mol. The highest BCUT2D eigenvalue weighted by Gasteiger charge is 2.07. The van der Waals surface area contributed by atoms with Crippen molar-refractivity contribution >= 4 is 34.7 Å². The maximum Gasteiger partial charge on any atom is 0.234 e. The molecule has 1 aromatic carbocycles. The second-order valence-electron chi connectivity index (χ2n) is 4.41. The number of hydrogen-bond donors (Lipinski definition) is 1. The average molecular weight is 292 g/mol. The molecule has 1 amide bonds. The van der Waals surface area contributed by atoms with E-state index < -0.39 is 0 Å². The number of rotatable bonds is 4. The van der Waals surface area contributed by atoms with Gasteiger partial charge in [0.15, 0.2) is 4.34 Å². The van der Waals surface area contributed by atoms with Crippen LogP contribution >= 0.6 is 23.1 Å². The van der Waals surface area contributed by atoms with Crippen LogP contribution in [-0.4, -0.2) is 16.6 Å². The number of benzene rings is 1. The Morgan fingerprint density at radius 3 is 2.79 bits per heavy atom. The lowest BCUT2D eigenvalue weighted by Crippen LogP contribution is -2.14. The largest absolute Gasteiger partial charge is 0.325 e. The Hall–Kier alpha value is -1.33. The van der Waals surface area contributed by atoms with E-state index in [0.29, 0.717) is 5.75 Å². The minimum Gasteiger partial charge on any atom is -0.325 e. The molecule has 1 N–H and O–H groups in total. The lowest BCUT2D eigenvalue weighted by atomic mass is 10.1. The minimum atomic E-state index is 0.00445. The van der Waals surface area contributed by atoms with Gasteiger partial charge in [0.05, 0.1) is 5.75 Å². The van der Waals surface area contributed by atoms with Crippen molar-refractivity contribution in [2.75, 3.05) is 11.1 Å². The molecule has 1 aromatic heterocycles. The molecule has 0 aliphatic carbocycles. The van der Waals surface area contributed by atoms with Gasteiger partial charge in [0.2, 0.25) is 5.91 Å². The van der Waals surface area contributed by atoms with Gasteiger partial charge in [-0.25, -0.2) is 4.98 Å². The first-order valence-electron chi connectivity index (χ1n) is 5.96. The fourth-order valence-corrected chi connectivity index (χ4v) is 3.32. The molecule has 0 aliphatic heterocycles. The molecule has 19 heavy (non-hydrogen) atoms. The van der Waals surface area contributed by atoms with Gasteiger partial charge in [-0.15, -0.1) is 11.3 Å². The molecular weight excluding hydrogens is 276 g/mol. The molecule has 0 fully saturated rings. The Kier molecular flexibility index (Phi) is 4.61. The van der Waals surface area contributed by atoms with Crippen molar-refractivity contribution in [1.82, 2.24) is 4.98 Å². The molecule has 1 heterocycles. The predicted octanol–water partition coefficient (Wildman–Crippen LogP) is 3.80. The van der Waals surface area contributed by atoms with Gasteiger partial charge < -0.3 is 5.32 Å². The van der Waals surface area contributed by atoms with Crippen LogP contribution in [0.25, 0.3) is 0 Å². The van der Waals surface area contributed by atoms with Crippen molar-refractivity contribution in [2.45, 2.75) is 25.1 Å². The molecule has 100 valence electrons. The van der Waals surface area contributed by atoms with Crippen molar-refractivity contribution in [2.24, 2.45) is 0 Å². The summed E-state index contributed by atoms with van der Waals surface area (Å²) in [5, 5.41) is 4.92. The summed E-state index contributed by atoms with van der Waals surface area (Å²) in [5.74, 6) is 0.394. The zero-order chi connectivity index (χ0) is 13.8. The number of nitrogens with one attached hydrogen (secondary N) is 1. The van der Waals surface area contributed by atoms with Gasteiger partial charge in [0.1, 0.15) is 0 Å². The first-order chi connectivity index (χ1) is 9.04. The fourth-order valence-electron chi connectivity index (χ4n) is 1.67. The molecule has 0 unspecified atom stereocenters. The number of carbonyl (C=O) groups excluding carboxylic acids is 1. The van der Waals surface area contributed by atoms with Crippen molar-refractivity contribution < 1.29 is 4.79 Å². The van der Waals surface area contributed by atoms with E-state index in [1.165, 1.54) is 17.3 Å². The van der Waals surface area contributed by atoms with Crippen LogP contribution in [0.1, 0.15) is 16.8 Å². The molecular formula is C14H16N2OS2.